The lowest BCUT2D eigenvalue weighted by Gasteiger charge is -2.16. The third kappa shape index (κ3) is 8.13. The summed E-state index contributed by atoms with van der Waals surface area (Å²) in [6.07, 6.45) is 0.271. The highest BCUT2D eigenvalue weighted by Crippen LogP contribution is 2.26. The fourth-order valence-electron chi connectivity index (χ4n) is 3.42. The Hall–Kier alpha value is -3.85. The fourth-order valence-corrected chi connectivity index (χ4v) is 3.55. The summed E-state index contributed by atoms with van der Waals surface area (Å²) in [5.74, 6) is 2.40. The number of hydrogen-bond acceptors (Lipinski definition) is 7. The van der Waals surface area contributed by atoms with Crippen LogP contribution >= 0.6 is 11.6 Å². The largest absolute Gasteiger partial charge is 0.497 e. The summed E-state index contributed by atoms with van der Waals surface area (Å²) in [6.45, 7) is 5.28. The van der Waals surface area contributed by atoms with E-state index in [1.54, 1.807) is 19.2 Å². The van der Waals surface area contributed by atoms with E-state index in [1.165, 1.54) is 6.92 Å². The first kappa shape index (κ1) is 26.7. The third-order valence-corrected chi connectivity index (χ3v) is 5.53. The molecule has 0 fully saturated rings. The molecule has 2 amide bonds. The van der Waals surface area contributed by atoms with E-state index in [2.05, 4.69) is 26.3 Å². The van der Waals surface area contributed by atoms with E-state index < -0.39 is 0 Å². The van der Waals surface area contributed by atoms with Gasteiger partial charge < -0.3 is 26.0 Å². The minimum absolute atomic E-state index is 0.0772. The summed E-state index contributed by atoms with van der Waals surface area (Å²) in [7, 11) is 1.60. The quantitative estimate of drug-likeness (QED) is 0.276. The highest BCUT2D eigenvalue weighted by atomic mass is 35.5. The van der Waals surface area contributed by atoms with Crippen LogP contribution in [0.15, 0.2) is 48.5 Å². The van der Waals surface area contributed by atoms with Crippen LogP contribution in [0.2, 0.25) is 5.02 Å². The lowest BCUT2D eigenvalue weighted by atomic mass is 10.1. The highest BCUT2D eigenvalue weighted by Gasteiger charge is 2.13. The summed E-state index contributed by atoms with van der Waals surface area (Å²) in [5, 5.41) is 12.9. The van der Waals surface area contributed by atoms with Crippen LogP contribution in [-0.4, -0.2) is 55.1 Å². The second-order valence-corrected chi connectivity index (χ2v) is 8.53. The average Bonchev–Trinajstić information content (AvgIpc) is 2.86. The van der Waals surface area contributed by atoms with Crippen LogP contribution in [0, 0.1) is 6.92 Å². The van der Waals surface area contributed by atoms with Gasteiger partial charge in [0.2, 0.25) is 11.8 Å². The van der Waals surface area contributed by atoms with Gasteiger partial charge in [0, 0.05) is 49.3 Å². The molecule has 0 bridgehead atoms. The van der Waals surface area contributed by atoms with Crippen molar-refractivity contribution in [3.05, 3.63) is 64.7 Å². The standard InChI is InChI=1S/C26H31ClN6O3/c1-17-24(30-13-11-28-18(2)34)32-26(20-7-9-21(27)10-8-20)33-25(17)31-14-12-29-23(35)16-19-5-4-6-22(15-19)36-3/h4-10,15H,11-14,16H2,1-3H3,(H,28,34)(H,29,35)(H2,30,31,32,33). The van der Waals surface area contributed by atoms with Crippen LogP contribution in [0.4, 0.5) is 11.6 Å². The number of nitrogens with zero attached hydrogens (tertiary/aromatic N) is 2. The van der Waals surface area contributed by atoms with Gasteiger partial charge in [0.25, 0.3) is 0 Å². The number of benzene rings is 2. The Balaban J connectivity index is 1.64. The van der Waals surface area contributed by atoms with Crippen LogP contribution in [0.3, 0.4) is 0 Å². The Bertz CT molecular complexity index is 1190. The van der Waals surface area contributed by atoms with E-state index in [9.17, 15) is 9.59 Å². The van der Waals surface area contributed by atoms with Gasteiger partial charge in [-0.2, -0.15) is 0 Å². The molecular weight excluding hydrogens is 480 g/mol. The van der Waals surface area contributed by atoms with Crippen molar-refractivity contribution >= 4 is 35.1 Å². The van der Waals surface area contributed by atoms with E-state index in [0.717, 1.165) is 22.4 Å². The molecule has 3 rings (SSSR count). The van der Waals surface area contributed by atoms with Crippen molar-refractivity contribution in [2.24, 2.45) is 0 Å². The Morgan fingerprint density at radius 3 is 2.17 bits per heavy atom. The van der Waals surface area contributed by atoms with E-state index in [-0.39, 0.29) is 18.2 Å². The van der Waals surface area contributed by atoms with Crippen LogP contribution in [-0.2, 0) is 16.0 Å². The van der Waals surface area contributed by atoms with E-state index in [0.29, 0.717) is 48.7 Å². The molecule has 3 aromatic rings. The normalized spacial score (nSPS) is 10.4. The van der Waals surface area contributed by atoms with Gasteiger partial charge in [-0.1, -0.05) is 23.7 Å². The minimum Gasteiger partial charge on any atom is -0.497 e. The molecule has 0 saturated heterocycles. The average molecular weight is 511 g/mol. The maximum absolute atomic E-state index is 12.3. The number of rotatable bonds is 12. The van der Waals surface area contributed by atoms with Gasteiger partial charge in [0.05, 0.1) is 13.5 Å². The molecule has 4 N–H and O–H groups in total. The smallest absolute Gasteiger partial charge is 0.224 e. The van der Waals surface area contributed by atoms with Gasteiger partial charge >= 0.3 is 0 Å². The Kier molecular flexibility index (Phi) is 9.88. The molecule has 0 aliphatic carbocycles. The van der Waals surface area contributed by atoms with Crippen molar-refractivity contribution in [3.63, 3.8) is 0 Å². The first-order chi connectivity index (χ1) is 17.4. The lowest BCUT2D eigenvalue weighted by molar-refractivity contribution is -0.120. The van der Waals surface area contributed by atoms with Gasteiger partial charge in [0.15, 0.2) is 5.82 Å². The number of anilines is 2. The summed E-state index contributed by atoms with van der Waals surface area (Å²) >= 11 is 6.03. The van der Waals surface area contributed by atoms with Crippen LogP contribution in [0.25, 0.3) is 11.4 Å². The molecule has 2 aromatic carbocycles. The monoisotopic (exact) mass is 510 g/mol. The molecule has 190 valence electrons. The zero-order valence-electron chi connectivity index (χ0n) is 20.7. The summed E-state index contributed by atoms with van der Waals surface area (Å²) < 4.78 is 5.21. The van der Waals surface area contributed by atoms with Crippen molar-refractivity contribution in [3.8, 4) is 17.1 Å². The maximum atomic E-state index is 12.3. The Morgan fingerprint density at radius 1 is 0.917 bits per heavy atom. The van der Waals surface area contributed by atoms with Gasteiger partial charge in [0.1, 0.15) is 17.4 Å². The van der Waals surface area contributed by atoms with Gasteiger partial charge in [-0.3, -0.25) is 9.59 Å². The number of aromatic nitrogens is 2. The number of ether oxygens (including phenoxy) is 1. The second-order valence-electron chi connectivity index (χ2n) is 8.09. The number of carbonyl (C=O) groups excluding carboxylic acids is 2. The van der Waals surface area contributed by atoms with E-state index >= 15 is 0 Å². The third-order valence-electron chi connectivity index (χ3n) is 5.28. The predicted molar refractivity (Wildman–Crippen MR) is 143 cm³/mol. The summed E-state index contributed by atoms with van der Waals surface area (Å²) in [4.78, 5) is 32.9. The zero-order valence-corrected chi connectivity index (χ0v) is 21.4. The first-order valence-corrected chi connectivity index (χ1v) is 12.0. The summed E-state index contributed by atoms with van der Waals surface area (Å²) in [6, 6.07) is 14.7. The Morgan fingerprint density at radius 2 is 1.56 bits per heavy atom. The maximum Gasteiger partial charge on any atom is 0.224 e. The van der Waals surface area contributed by atoms with Gasteiger partial charge in [-0.05, 0) is 48.9 Å². The molecule has 0 saturated carbocycles. The number of nitrogens with one attached hydrogen (secondary N) is 4. The minimum atomic E-state index is -0.0890. The predicted octanol–water partition coefficient (Wildman–Crippen LogP) is 3.43. The van der Waals surface area contributed by atoms with Crippen molar-refractivity contribution < 1.29 is 14.3 Å². The van der Waals surface area contributed by atoms with Crippen LogP contribution in [0.1, 0.15) is 18.1 Å². The molecule has 1 aromatic heterocycles. The van der Waals surface area contributed by atoms with Crippen molar-refractivity contribution in [1.29, 1.82) is 0 Å². The molecule has 1 heterocycles. The number of halogens is 1. The van der Waals surface area contributed by atoms with Gasteiger partial charge in [-0.15, -0.1) is 0 Å². The molecule has 0 radical (unpaired) electrons. The van der Waals surface area contributed by atoms with Crippen molar-refractivity contribution in [2.75, 3.05) is 43.9 Å². The SMILES string of the molecule is COc1cccc(CC(=O)NCCNc2nc(-c3ccc(Cl)cc3)nc(NCCNC(C)=O)c2C)c1. The molecule has 10 heteroatoms. The van der Waals surface area contributed by atoms with Gasteiger partial charge in [-0.25, -0.2) is 9.97 Å². The number of hydrogen-bond donors (Lipinski definition) is 4. The van der Waals surface area contributed by atoms with E-state index in [4.69, 9.17) is 21.3 Å². The molecular formula is C26H31ClN6O3. The first-order valence-electron chi connectivity index (χ1n) is 11.6. The molecule has 0 unspecified atom stereocenters. The lowest BCUT2D eigenvalue weighted by Crippen LogP contribution is -2.30. The fraction of sp³-hybridized carbons (Fsp3) is 0.308. The van der Waals surface area contributed by atoms with E-state index in [1.807, 2.05) is 43.3 Å². The molecule has 0 aliphatic rings. The molecule has 0 aliphatic heterocycles. The molecule has 36 heavy (non-hydrogen) atoms. The van der Waals surface area contributed by atoms with Crippen LogP contribution < -0.4 is 26.0 Å². The molecule has 0 atom stereocenters. The summed E-state index contributed by atoms with van der Waals surface area (Å²) in [5.41, 5.74) is 2.53. The van der Waals surface area contributed by atoms with Crippen molar-refractivity contribution in [2.45, 2.75) is 20.3 Å². The highest BCUT2D eigenvalue weighted by molar-refractivity contribution is 6.30. The second kappa shape index (κ2) is 13.3. The number of amides is 2. The van der Waals surface area contributed by atoms with Crippen LogP contribution in [0.5, 0.6) is 5.75 Å². The topological polar surface area (TPSA) is 117 Å². The molecule has 9 nitrogen and oxygen atoms in total. The zero-order chi connectivity index (χ0) is 25.9. The Labute approximate surface area is 216 Å². The van der Waals surface area contributed by atoms with Crippen molar-refractivity contribution in [1.82, 2.24) is 20.6 Å². The number of carbonyl (C=O) groups is 2. The molecule has 0 spiro atoms. The number of methoxy groups -OCH3 is 1.